The van der Waals surface area contributed by atoms with E-state index in [1.807, 2.05) is 6.07 Å². The van der Waals surface area contributed by atoms with Crippen LogP contribution in [0.4, 0.5) is 10.1 Å². The minimum Gasteiger partial charge on any atom is -0.489 e. The number of anilines is 1. The van der Waals surface area contributed by atoms with E-state index in [0.717, 1.165) is 48.6 Å². The van der Waals surface area contributed by atoms with Gasteiger partial charge in [-0.2, -0.15) is 0 Å². The Balaban J connectivity index is 1.11. The summed E-state index contributed by atoms with van der Waals surface area (Å²) in [5.41, 5.74) is 2.46. The van der Waals surface area contributed by atoms with Gasteiger partial charge in [0, 0.05) is 38.2 Å². The van der Waals surface area contributed by atoms with Crippen molar-refractivity contribution in [3.63, 3.8) is 0 Å². The first kappa shape index (κ1) is 23.6. The van der Waals surface area contributed by atoms with Crippen LogP contribution in [-0.2, 0) is 16.1 Å². The molecule has 4 heterocycles. The van der Waals surface area contributed by atoms with Crippen LogP contribution in [0.1, 0.15) is 52.0 Å². The van der Waals surface area contributed by atoms with E-state index >= 15 is 0 Å². The molecule has 1 unspecified atom stereocenters. The summed E-state index contributed by atoms with van der Waals surface area (Å²) in [4.78, 5) is 55.4. The Labute approximate surface area is 213 Å². The van der Waals surface area contributed by atoms with Gasteiger partial charge in [-0.05, 0) is 49.1 Å². The topological polar surface area (TPSA) is 99.3 Å². The van der Waals surface area contributed by atoms with E-state index in [1.165, 1.54) is 12.1 Å². The maximum absolute atomic E-state index is 13.6. The van der Waals surface area contributed by atoms with Gasteiger partial charge in [-0.25, -0.2) is 4.39 Å². The van der Waals surface area contributed by atoms with Crippen LogP contribution in [0, 0.1) is 5.82 Å². The highest BCUT2D eigenvalue weighted by Crippen LogP contribution is 2.36. The lowest BCUT2D eigenvalue weighted by molar-refractivity contribution is -0.136. The van der Waals surface area contributed by atoms with Crippen molar-refractivity contribution in [3.05, 3.63) is 58.9 Å². The maximum Gasteiger partial charge on any atom is 0.262 e. The van der Waals surface area contributed by atoms with Crippen molar-refractivity contribution in [1.29, 1.82) is 0 Å². The van der Waals surface area contributed by atoms with Gasteiger partial charge in [0.2, 0.25) is 11.8 Å². The fourth-order valence-corrected chi connectivity index (χ4v) is 5.86. The van der Waals surface area contributed by atoms with Crippen LogP contribution in [0.3, 0.4) is 0 Å². The van der Waals surface area contributed by atoms with Crippen LogP contribution in [0.25, 0.3) is 0 Å². The Hall–Kier alpha value is -3.79. The molecule has 2 aromatic rings. The Bertz CT molecular complexity index is 1310. The number of hydrogen-bond acceptors (Lipinski definition) is 7. The number of benzene rings is 2. The van der Waals surface area contributed by atoms with E-state index < -0.39 is 29.7 Å². The lowest BCUT2D eigenvalue weighted by atomic mass is 10.00. The Morgan fingerprint density at radius 2 is 1.70 bits per heavy atom. The largest absolute Gasteiger partial charge is 0.489 e. The van der Waals surface area contributed by atoms with Crippen molar-refractivity contribution in [2.45, 2.75) is 44.3 Å². The summed E-state index contributed by atoms with van der Waals surface area (Å²) in [6, 6.07) is 9.34. The fourth-order valence-electron chi connectivity index (χ4n) is 5.86. The average Bonchev–Trinajstić information content (AvgIpc) is 3.13. The summed E-state index contributed by atoms with van der Waals surface area (Å²) in [5, 5.41) is 2.22. The normalized spacial score (nSPS) is 22.6. The van der Waals surface area contributed by atoms with Gasteiger partial charge in [-0.3, -0.25) is 34.3 Å². The number of rotatable bonds is 4. The Morgan fingerprint density at radius 1 is 0.919 bits per heavy atom. The monoisotopic (exact) mass is 506 g/mol. The van der Waals surface area contributed by atoms with Gasteiger partial charge in [0.25, 0.3) is 11.8 Å². The third kappa shape index (κ3) is 4.25. The van der Waals surface area contributed by atoms with Gasteiger partial charge < -0.3 is 9.64 Å². The van der Waals surface area contributed by atoms with E-state index in [2.05, 4.69) is 15.1 Å². The molecule has 0 radical (unpaired) electrons. The molecule has 4 amide bonds. The SMILES string of the molecule is O=C1CCC(N2C(=O)c3ccc(CN4CCC(N5CCOc6cc(F)ccc65)CC4)cc3C2=O)C(=O)N1. The molecule has 2 saturated heterocycles. The Morgan fingerprint density at radius 3 is 2.49 bits per heavy atom. The van der Waals surface area contributed by atoms with Crippen LogP contribution in [-0.4, -0.2) is 71.8 Å². The molecule has 0 bridgehead atoms. The molecule has 0 spiro atoms. The van der Waals surface area contributed by atoms with Crippen LogP contribution in [0.15, 0.2) is 36.4 Å². The molecule has 1 N–H and O–H groups in total. The zero-order chi connectivity index (χ0) is 25.7. The van der Waals surface area contributed by atoms with Crippen LogP contribution in [0.5, 0.6) is 5.75 Å². The maximum atomic E-state index is 13.6. The number of halogens is 1. The van der Waals surface area contributed by atoms with Gasteiger partial charge in [0.05, 0.1) is 23.4 Å². The molecule has 37 heavy (non-hydrogen) atoms. The van der Waals surface area contributed by atoms with E-state index in [1.54, 1.807) is 18.2 Å². The van der Waals surface area contributed by atoms with Gasteiger partial charge in [0.15, 0.2) is 0 Å². The summed E-state index contributed by atoms with van der Waals surface area (Å²) in [5.74, 6) is -1.69. The number of nitrogens with one attached hydrogen (secondary N) is 1. The van der Waals surface area contributed by atoms with Gasteiger partial charge in [-0.1, -0.05) is 6.07 Å². The number of likely N-dealkylation sites (tertiary alicyclic amines) is 1. The zero-order valence-corrected chi connectivity index (χ0v) is 20.2. The second kappa shape index (κ2) is 9.26. The van der Waals surface area contributed by atoms with E-state index in [9.17, 15) is 23.6 Å². The lowest BCUT2D eigenvalue weighted by Crippen LogP contribution is -2.54. The molecule has 192 valence electrons. The standard InChI is InChI=1S/C27H27FN4O5/c28-17-2-4-21-23(14-17)37-12-11-31(21)18-7-9-30(10-8-18)15-16-1-3-19-20(13-16)27(36)32(26(19)35)22-5-6-24(33)29-25(22)34/h1-4,13-14,18,22H,5-12,15H2,(H,29,33,34). The number of amides is 4. The van der Waals surface area contributed by atoms with E-state index in [4.69, 9.17) is 4.74 Å². The van der Waals surface area contributed by atoms with Gasteiger partial charge >= 0.3 is 0 Å². The predicted octanol–water partition coefficient (Wildman–Crippen LogP) is 2.09. The number of ether oxygens (including phenoxy) is 1. The number of fused-ring (bicyclic) bond motifs is 2. The second-order valence-corrected chi connectivity index (χ2v) is 9.99. The first-order valence-corrected chi connectivity index (χ1v) is 12.6. The first-order chi connectivity index (χ1) is 17.9. The molecule has 1 atom stereocenters. The van der Waals surface area contributed by atoms with Crippen LogP contribution >= 0.6 is 0 Å². The van der Waals surface area contributed by atoms with Crippen molar-refractivity contribution < 1.29 is 28.3 Å². The van der Waals surface area contributed by atoms with Crippen molar-refractivity contribution in [1.82, 2.24) is 15.1 Å². The highest BCUT2D eigenvalue weighted by molar-refractivity contribution is 6.23. The van der Waals surface area contributed by atoms with Gasteiger partial charge in [0.1, 0.15) is 24.2 Å². The van der Waals surface area contributed by atoms with Crippen LogP contribution < -0.4 is 15.0 Å². The molecule has 2 fully saturated rings. The summed E-state index contributed by atoms with van der Waals surface area (Å²) in [7, 11) is 0. The molecule has 0 aromatic heterocycles. The predicted molar refractivity (Wildman–Crippen MR) is 131 cm³/mol. The fraction of sp³-hybridized carbons (Fsp3) is 0.407. The Kier molecular flexibility index (Phi) is 5.91. The smallest absolute Gasteiger partial charge is 0.262 e. The quantitative estimate of drug-likeness (QED) is 0.634. The summed E-state index contributed by atoms with van der Waals surface area (Å²) < 4.78 is 19.3. The molecule has 10 heteroatoms. The second-order valence-electron chi connectivity index (χ2n) is 9.99. The minimum absolute atomic E-state index is 0.0952. The molecule has 9 nitrogen and oxygen atoms in total. The number of piperidine rings is 2. The lowest BCUT2D eigenvalue weighted by Gasteiger charge is -2.42. The number of imide groups is 2. The van der Waals surface area contributed by atoms with Crippen molar-refractivity contribution in [3.8, 4) is 5.75 Å². The van der Waals surface area contributed by atoms with E-state index in [-0.39, 0.29) is 18.7 Å². The summed E-state index contributed by atoms with van der Waals surface area (Å²) >= 11 is 0. The minimum atomic E-state index is -0.964. The average molecular weight is 507 g/mol. The molecule has 2 aromatic carbocycles. The van der Waals surface area contributed by atoms with Crippen molar-refractivity contribution in [2.75, 3.05) is 31.1 Å². The van der Waals surface area contributed by atoms with E-state index in [0.29, 0.717) is 36.1 Å². The zero-order valence-electron chi connectivity index (χ0n) is 20.2. The third-order valence-corrected chi connectivity index (χ3v) is 7.73. The molecule has 4 aliphatic rings. The molecular formula is C27H27FN4O5. The van der Waals surface area contributed by atoms with Crippen molar-refractivity contribution >= 4 is 29.3 Å². The number of hydrogen-bond donors (Lipinski definition) is 1. The molecule has 0 aliphatic carbocycles. The highest BCUT2D eigenvalue weighted by atomic mass is 19.1. The van der Waals surface area contributed by atoms with Gasteiger partial charge in [-0.15, -0.1) is 0 Å². The third-order valence-electron chi connectivity index (χ3n) is 7.73. The molecule has 0 saturated carbocycles. The molecular weight excluding hydrogens is 479 g/mol. The number of carbonyl (C=O) groups is 4. The van der Waals surface area contributed by atoms with Crippen LogP contribution in [0.2, 0.25) is 0 Å². The number of nitrogens with zero attached hydrogens (tertiary/aromatic N) is 3. The van der Waals surface area contributed by atoms with Crippen molar-refractivity contribution in [2.24, 2.45) is 0 Å². The molecule has 4 aliphatic heterocycles. The highest BCUT2D eigenvalue weighted by Gasteiger charge is 2.44. The first-order valence-electron chi connectivity index (χ1n) is 12.6. The summed E-state index contributed by atoms with van der Waals surface area (Å²) in [6.07, 6.45) is 2.13. The summed E-state index contributed by atoms with van der Waals surface area (Å²) in [6.45, 7) is 3.68. The number of carbonyl (C=O) groups excluding carboxylic acids is 4. The molecule has 6 rings (SSSR count).